The Balaban J connectivity index is 1.90. The predicted molar refractivity (Wildman–Crippen MR) is 94.6 cm³/mol. The molecule has 2 atom stereocenters. The van der Waals surface area contributed by atoms with E-state index in [1.54, 1.807) is 0 Å². The number of hydrogen-bond donors (Lipinski definition) is 1. The number of ether oxygens (including phenoxy) is 1. The highest BCUT2D eigenvalue weighted by molar-refractivity contribution is 5.65. The highest BCUT2D eigenvalue weighted by Crippen LogP contribution is 2.20. The maximum atomic E-state index is 11.2. The molecule has 2 rings (SSSR count). The quantitative estimate of drug-likeness (QED) is 0.864. The van der Waals surface area contributed by atoms with Gasteiger partial charge in [-0.25, -0.2) is 4.79 Å². The fourth-order valence-corrected chi connectivity index (χ4v) is 3.07. The summed E-state index contributed by atoms with van der Waals surface area (Å²) in [6.07, 6.45) is -0.826. The Hall–Kier alpha value is -1.79. The normalized spacial score (nSPS) is 22.0. The fraction of sp³-hybridized carbons (Fsp3) is 0.611. The second-order valence-electron chi connectivity index (χ2n) is 6.85. The minimum Gasteiger partial charge on any atom is -0.492 e. The number of piperazine rings is 1. The van der Waals surface area contributed by atoms with Gasteiger partial charge < -0.3 is 19.6 Å². The van der Waals surface area contributed by atoms with E-state index < -0.39 is 6.09 Å². The maximum absolute atomic E-state index is 11.2. The molecule has 0 bridgehead atoms. The Morgan fingerprint density at radius 3 is 2.29 bits per heavy atom. The lowest BCUT2D eigenvalue weighted by molar-refractivity contribution is 0.0350. The van der Waals surface area contributed by atoms with E-state index in [0.29, 0.717) is 19.7 Å². The van der Waals surface area contributed by atoms with Crippen LogP contribution in [0.3, 0.4) is 0 Å². The first kappa shape index (κ1) is 18.5. The summed E-state index contributed by atoms with van der Waals surface area (Å²) in [4.78, 5) is 17.1. The highest BCUT2D eigenvalue weighted by atomic mass is 16.5. The first-order valence-corrected chi connectivity index (χ1v) is 8.47. The van der Waals surface area contributed by atoms with Crippen molar-refractivity contribution in [2.45, 2.75) is 32.5 Å². The summed E-state index contributed by atoms with van der Waals surface area (Å²) < 4.78 is 5.72. The lowest BCUT2D eigenvalue weighted by atomic mass is 10.1. The van der Waals surface area contributed by atoms with Crippen molar-refractivity contribution in [1.82, 2.24) is 14.7 Å². The molecule has 1 aliphatic heterocycles. The summed E-state index contributed by atoms with van der Waals surface area (Å²) in [7, 11) is 4.05. The molecule has 134 valence electrons. The number of carboxylic acid groups (broad SMARTS) is 1. The molecule has 0 spiro atoms. The average Bonchev–Trinajstić information content (AvgIpc) is 2.51. The van der Waals surface area contributed by atoms with Crippen LogP contribution in [-0.2, 0) is 6.54 Å². The van der Waals surface area contributed by atoms with Crippen LogP contribution in [0, 0.1) is 0 Å². The first-order valence-electron chi connectivity index (χ1n) is 8.47. The van der Waals surface area contributed by atoms with Gasteiger partial charge in [0.05, 0.1) is 0 Å². The van der Waals surface area contributed by atoms with Crippen LogP contribution in [0.2, 0.25) is 0 Å². The van der Waals surface area contributed by atoms with Gasteiger partial charge in [0.2, 0.25) is 0 Å². The van der Waals surface area contributed by atoms with Crippen LogP contribution < -0.4 is 4.74 Å². The minimum absolute atomic E-state index is 0.209. The van der Waals surface area contributed by atoms with Crippen molar-refractivity contribution < 1.29 is 14.6 Å². The van der Waals surface area contributed by atoms with Gasteiger partial charge in [-0.2, -0.15) is 0 Å². The van der Waals surface area contributed by atoms with Crippen LogP contribution in [0.15, 0.2) is 24.3 Å². The third kappa shape index (κ3) is 5.11. The second kappa shape index (κ2) is 8.35. The van der Waals surface area contributed by atoms with Crippen molar-refractivity contribution >= 4 is 6.09 Å². The molecule has 0 aromatic heterocycles. The summed E-state index contributed by atoms with van der Waals surface area (Å²) in [5, 5.41) is 9.18. The molecule has 1 amide bonds. The molecule has 1 fully saturated rings. The molecule has 0 saturated carbocycles. The third-order valence-electron chi connectivity index (χ3n) is 4.47. The Morgan fingerprint density at radius 1 is 1.21 bits per heavy atom. The van der Waals surface area contributed by atoms with Crippen LogP contribution in [-0.4, -0.2) is 78.3 Å². The van der Waals surface area contributed by atoms with E-state index in [0.717, 1.165) is 18.8 Å². The van der Waals surface area contributed by atoms with Crippen molar-refractivity contribution in [2.75, 3.05) is 40.3 Å². The summed E-state index contributed by atoms with van der Waals surface area (Å²) >= 11 is 0. The standard InChI is InChI=1S/C18H29N3O3/c1-14-11-20(18(22)23)12-15(2)21(14)13-16-5-7-17(8-6-16)24-10-9-19(3)4/h5-8,14-15H,9-13H2,1-4H3,(H,22,23). The first-order chi connectivity index (χ1) is 11.4. The Labute approximate surface area is 144 Å². The van der Waals surface area contributed by atoms with E-state index >= 15 is 0 Å². The van der Waals surface area contributed by atoms with Gasteiger partial charge in [0.25, 0.3) is 0 Å². The third-order valence-corrected chi connectivity index (χ3v) is 4.47. The summed E-state index contributed by atoms with van der Waals surface area (Å²) in [6, 6.07) is 8.62. The number of rotatable bonds is 6. The molecule has 1 N–H and O–H groups in total. The summed E-state index contributed by atoms with van der Waals surface area (Å²) in [6.45, 7) is 7.70. The zero-order valence-corrected chi connectivity index (χ0v) is 15.1. The van der Waals surface area contributed by atoms with E-state index in [1.165, 1.54) is 10.5 Å². The number of likely N-dealkylation sites (N-methyl/N-ethyl adjacent to an activating group) is 1. The Kier molecular flexibility index (Phi) is 6.45. The molecular formula is C18H29N3O3. The van der Waals surface area contributed by atoms with Crippen LogP contribution >= 0.6 is 0 Å². The molecule has 24 heavy (non-hydrogen) atoms. The molecule has 1 aromatic carbocycles. The zero-order valence-electron chi connectivity index (χ0n) is 15.1. The van der Waals surface area contributed by atoms with Crippen molar-refractivity contribution in [1.29, 1.82) is 0 Å². The lowest BCUT2D eigenvalue weighted by Gasteiger charge is -2.43. The smallest absolute Gasteiger partial charge is 0.407 e. The number of benzene rings is 1. The largest absolute Gasteiger partial charge is 0.492 e. The van der Waals surface area contributed by atoms with Gasteiger partial charge >= 0.3 is 6.09 Å². The van der Waals surface area contributed by atoms with Crippen molar-refractivity contribution in [3.63, 3.8) is 0 Å². The van der Waals surface area contributed by atoms with Gasteiger partial charge in [0.15, 0.2) is 0 Å². The molecule has 1 saturated heterocycles. The zero-order chi connectivity index (χ0) is 17.7. The molecule has 2 unspecified atom stereocenters. The molecular weight excluding hydrogens is 306 g/mol. The van der Waals surface area contributed by atoms with Gasteiger partial charge in [0.1, 0.15) is 12.4 Å². The van der Waals surface area contributed by atoms with Crippen molar-refractivity contribution in [3.05, 3.63) is 29.8 Å². The Morgan fingerprint density at radius 2 is 1.79 bits per heavy atom. The van der Waals surface area contributed by atoms with E-state index in [4.69, 9.17) is 4.74 Å². The number of nitrogens with zero attached hydrogens (tertiary/aromatic N) is 3. The van der Waals surface area contributed by atoms with Gasteiger partial charge in [-0.3, -0.25) is 4.90 Å². The van der Waals surface area contributed by atoms with E-state index in [2.05, 4.69) is 35.8 Å². The van der Waals surface area contributed by atoms with Crippen LogP contribution in [0.25, 0.3) is 0 Å². The van der Waals surface area contributed by atoms with Crippen molar-refractivity contribution in [3.8, 4) is 5.75 Å². The average molecular weight is 335 g/mol. The Bertz CT molecular complexity index is 521. The van der Waals surface area contributed by atoms with E-state index in [1.807, 2.05) is 26.2 Å². The molecule has 1 aromatic rings. The summed E-state index contributed by atoms with van der Waals surface area (Å²) in [5.74, 6) is 0.886. The highest BCUT2D eigenvalue weighted by Gasteiger charge is 2.31. The molecule has 0 radical (unpaired) electrons. The lowest BCUT2D eigenvalue weighted by Crippen LogP contribution is -2.57. The number of hydrogen-bond acceptors (Lipinski definition) is 4. The van der Waals surface area contributed by atoms with Gasteiger partial charge in [-0.15, -0.1) is 0 Å². The monoisotopic (exact) mass is 335 g/mol. The second-order valence-corrected chi connectivity index (χ2v) is 6.85. The minimum atomic E-state index is -0.826. The van der Waals surface area contributed by atoms with Crippen LogP contribution in [0.5, 0.6) is 5.75 Å². The summed E-state index contributed by atoms with van der Waals surface area (Å²) in [5.41, 5.74) is 1.22. The molecule has 6 nitrogen and oxygen atoms in total. The van der Waals surface area contributed by atoms with E-state index in [-0.39, 0.29) is 12.1 Å². The predicted octanol–water partition coefficient (Wildman–Crippen LogP) is 2.20. The molecule has 1 aliphatic rings. The molecule has 6 heteroatoms. The number of carbonyl (C=O) groups is 1. The van der Waals surface area contributed by atoms with Gasteiger partial charge in [-0.1, -0.05) is 12.1 Å². The number of amides is 1. The topological polar surface area (TPSA) is 56.3 Å². The van der Waals surface area contributed by atoms with Crippen molar-refractivity contribution in [2.24, 2.45) is 0 Å². The van der Waals surface area contributed by atoms with E-state index in [9.17, 15) is 9.90 Å². The van der Waals surface area contributed by atoms with Crippen LogP contribution in [0.1, 0.15) is 19.4 Å². The fourth-order valence-electron chi connectivity index (χ4n) is 3.07. The van der Waals surface area contributed by atoms with Gasteiger partial charge in [-0.05, 0) is 45.6 Å². The molecule has 1 heterocycles. The van der Waals surface area contributed by atoms with Crippen LogP contribution in [0.4, 0.5) is 4.79 Å². The maximum Gasteiger partial charge on any atom is 0.407 e. The molecule has 0 aliphatic carbocycles. The SMILES string of the molecule is CC1CN(C(=O)O)CC(C)N1Cc1ccc(OCCN(C)C)cc1. The van der Waals surface area contributed by atoms with Gasteiger partial charge in [0, 0.05) is 38.3 Å².